The highest BCUT2D eigenvalue weighted by atomic mass is 32.2. The van der Waals surface area contributed by atoms with E-state index < -0.39 is 0 Å². The van der Waals surface area contributed by atoms with Crippen LogP contribution >= 0.6 is 23.1 Å². The summed E-state index contributed by atoms with van der Waals surface area (Å²) in [7, 11) is 0. The van der Waals surface area contributed by atoms with Gasteiger partial charge >= 0.3 is 5.97 Å². The minimum Gasteiger partial charge on any atom is -0.462 e. The summed E-state index contributed by atoms with van der Waals surface area (Å²) in [4.78, 5) is 15.7. The molecule has 6 heteroatoms. The number of rotatable bonds is 7. The number of thioether (sulfide) groups is 1. The van der Waals surface area contributed by atoms with Crippen LogP contribution in [0.15, 0.2) is 4.90 Å². The van der Waals surface area contributed by atoms with Crippen LogP contribution in [0.25, 0.3) is 0 Å². The molecule has 19 heavy (non-hydrogen) atoms. The largest absolute Gasteiger partial charge is 0.462 e. The molecule has 0 saturated carbocycles. The second-order valence-corrected chi connectivity index (χ2v) is 5.80. The number of carbonyl (C=O) groups is 1. The Bertz CT molecular complexity index is 433. The molecule has 0 aliphatic rings. The molecule has 2 N–H and O–H groups in total. The number of carbonyl (C=O) groups excluding carboxylic acids is 1. The summed E-state index contributed by atoms with van der Waals surface area (Å²) in [5, 5.41) is 1.08. The van der Waals surface area contributed by atoms with Gasteiger partial charge in [0.2, 0.25) is 0 Å². The van der Waals surface area contributed by atoms with Gasteiger partial charge in [-0.3, -0.25) is 0 Å². The van der Waals surface area contributed by atoms with Crippen molar-refractivity contribution in [3.05, 3.63) is 4.88 Å². The molecule has 4 nitrogen and oxygen atoms in total. The number of ether oxygens (including phenoxy) is 1. The van der Waals surface area contributed by atoms with Crippen LogP contribution in [0.3, 0.4) is 0 Å². The Balaban J connectivity index is 3.17. The maximum atomic E-state index is 11.9. The van der Waals surface area contributed by atoms with Gasteiger partial charge in [-0.1, -0.05) is 6.92 Å². The summed E-state index contributed by atoms with van der Waals surface area (Å²) in [6.45, 7) is 8.29. The predicted molar refractivity (Wildman–Crippen MR) is 84.6 cm³/mol. The van der Waals surface area contributed by atoms with E-state index in [0.717, 1.165) is 29.4 Å². The maximum Gasteiger partial charge on any atom is 0.350 e. The monoisotopic (exact) mass is 302 g/mol. The first-order chi connectivity index (χ1) is 9.10. The SMILES string of the molecule is CCCN(CC)c1sc(C(=O)OCC)c(N)c1SC. The molecule has 0 aliphatic heterocycles. The number of nitrogen functional groups attached to an aromatic ring is 1. The Morgan fingerprint density at radius 3 is 2.58 bits per heavy atom. The summed E-state index contributed by atoms with van der Waals surface area (Å²) in [6, 6.07) is 0. The molecule has 0 saturated heterocycles. The van der Waals surface area contributed by atoms with Gasteiger partial charge in [-0.05, 0) is 26.5 Å². The first-order valence-corrected chi connectivity index (χ1v) is 8.52. The summed E-state index contributed by atoms with van der Waals surface area (Å²) >= 11 is 3.02. The third kappa shape index (κ3) is 3.57. The van der Waals surface area contributed by atoms with Crippen molar-refractivity contribution in [3.8, 4) is 0 Å². The molecule has 0 spiro atoms. The molecule has 0 unspecified atom stereocenters. The zero-order valence-corrected chi connectivity index (χ0v) is 13.6. The lowest BCUT2D eigenvalue weighted by atomic mass is 10.3. The van der Waals surface area contributed by atoms with Crippen LogP contribution in [0.1, 0.15) is 36.9 Å². The highest BCUT2D eigenvalue weighted by Gasteiger charge is 2.23. The normalized spacial score (nSPS) is 10.5. The fourth-order valence-corrected chi connectivity index (χ4v) is 4.01. The maximum absolute atomic E-state index is 11.9. The van der Waals surface area contributed by atoms with Gasteiger partial charge in [-0.15, -0.1) is 23.1 Å². The molecule has 0 atom stereocenters. The Morgan fingerprint density at radius 2 is 2.11 bits per heavy atom. The van der Waals surface area contributed by atoms with Crippen LogP contribution in [0, 0.1) is 0 Å². The van der Waals surface area contributed by atoms with Crippen LogP contribution in [-0.4, -0.2) is 31.9 Å². The fourth-order valence-electron chi connectivity index (χ4n) is 1.84. The van der Waals surface area contributed by atoms with Gasteiger partial charge in [0.25, 0.3) is 0 Å². The average molecular weight is 302 g/mol. The molecule has 1 rings (SSSR count). The second kappa shape index (κ2) is 7.65. The van der Waals surface area contributed by atoms with Gasteiger partial charge in [0.15, 0.2) is 0 Å². The van der Waals surface area contributed by atoms with Gasteiger partial charge in [-0.25, -0.2) is 4.79 Å². The Labute approximate surface area is 123 Å². The summed E-state index contributed by atoms with van der Waals surface area (Å²) in [5.41, 5.74) is 6.65. The third-order valence-corrected chi connectivity index (χ3v) is 4.91. The minimum absolute atomic E-state index is 0.320. The van der Waals surface area contributed by atoms with E-state index in [-0.39, 0.29) is 5.97 Å². The van der Waals surface area contributed by atoms with Crippen molar-refractivity contribution >= 4 is 39.8 Å². The fraction of sp³-hybridized carbons (Fsp3) is 0.615. The van der Waals surface area contributed by atoms with Crippen molar-refractivity contribution < 1.29 is 9.53 Å². The van der Waals surface area contributed by atoms with Crippen LogP contribution < -0.4 is 10.6 Å². The molecule has 108 valence electrons. The van der Waals surface area contributed by atoms with Crippen molar-refractivity contribution in [2.75, 3.05) is 36.6 Å². The lowest BCUT2D eigenvalue weighted by Gasteiger charge is -2.21. The summed E-state index contributed by atoms with van der Waals surface area (Å²) in [6.07, 6.45) is 3.05. The molecule has 0 bridgehead atoms. The molecular weight excluding hydrogens is 280 g/mol. The van der Waals surface area contributed by atoms with Gasteiger partial charge in [0, 0.05) is 13.1 Å². The molecule has 1 heterocycles. The number of hydrogen-bond acceptors (Lipinski definition) is 6. The van der Waals surface area contributed by atoms with Crippen molar-refractivity contribution in [3.63, 3.8) is 0 Å². The van der Waals surface area contributed by atoms with Gasteiger partial charge in [-0.2, -0.15) is 0 Å². The topological polar surface area (TPSA) is 55.6 Å². The number of nitrogens with zero attached hydrogens (tertiary/aromatic N) is 1. The standard InChI is InChI=1S/C13H22N2O2S2/c1-5-8-15(6-2)12-10(18-4)9(14)11(19-12)13(16)17-7-3/h5-8,14H2,1-4H3. The van der Waals surface area contributed by atoms with Crippen molar-refractivity contribution in [1.29, 1.82) is 0 Å². The molecular formula is C13H22N2O2S2. The van der Waals surface area contributed by atoms with E-state index in [2.05, 4.69) is 18.7 Å². The van der Waals surface area contributed by atoms with E-state index in [9.17, 15) is 4.79 Å². The van der Waals surface area contributed by atoms with E-state index in [1.807, 2.05) is 6.26 Å². The van der Waals surface area contributed by atoms with Crippen molar-refractivity contribution in [2.45, 2.75) is 32.1 Å². The van der Waals surface area contributed by atoms with Crippen LogP contribution in [-0.2, 0) is 4.74 Å². The van der Waals surface area contributed by atoms with Crippen LogP contribution in [0.2, 0.25) is 0 Å². The average Bonchev–Trinajstić information content (AvgIpc) is 2.73. The highest BCUT2D eigenvalue weighted by Crippen LogP contribution is 2.44. The number of nitrogens with two attached hydrogens (primary N) is 1. The predicted octanol–water partition coefficient (Wildman–Crippen LogP) is 3.47. The molecule has 0 aromatic carbocycles. The summed E-state index contributed by atoms with van der Waals surface area (Å²) < 4.78 is 5.06. The van der Waals surface area contributed by atoms with Gasteiger partial charge in [0.05, 0.1) is 17.2 Å². The van der Waals surface area contributed by atoms with Crippen LogP contribution in [0.5, 0.6) is 0 Å². The van der Waals surface area contributed by atoms with E-state index >= 15 is 0 Å². The first kappa shape index (κ1) is 16.2. The quantitative estimate of drug-likeness (QED) is 0.617. The Morgan fingerprint density at radius 1 is 1.42 bits per heavy atom. The second-order valence-electron chi connectivity index (χ2n) is 3.98. The van der Waals surface area contributed by atoms with E-state index in [0.29, 0.717) is 17.2 Å². The van der Waals surface area contributed by atoms with Crippen molar-refractivity contribution in [1.82, 2.24) is 0 Å². The number of hydrogen-bond donors (Lipinski definition) is 1. The number of esters is 1. The van der Waals surface area contributed by atoms with E-state index in [1.165, 1.54) is 11.3 Å². The summed E-state index contributed by atoms with van der Waals surface area (Å²) in [5.74, 6) is -0.320. The number of anilines is 2. The molecule has 0 fully saturated rings. The molecule has 1 aromatic heterocycles. The van der Waals surface area contributed by atoms with Gasteiger partial charge in [0.1, 0.15) is 9.88 Å². The Hall–Kier alpha value is -0.880. The zero-order valence-electron chi connectivity index (χ0n) is 12.0. The first-order valence-electron chi connectivity index (χ1n) is 6.48. The van der Waals surface area contributed by atoms with Crippen LogP contribution in [0.4, 0.5) is 10.7 Å². The molecule has 0 aliphatic carbocycles. The van der Waals surface area contributed by atoms with Gasteiger partial charge < -0.3 is 15.4 Å². The lowest BCUT2D eigenvalue weighted by Crippen LogP contribution is -2.22. The smallest absolute Gasteiger partial charge is 0.350 e. The van der Waals surface area contributed by atoms with Crippen molar-refractivity contribution in [2.24, 2.45) is 0 Å². The molecule has 0 amide bonds. The number of thiophene rings is 1. The van der Waals surface area contributed by atoms with E-state index in [4.69, 9.17) is 10.5 Å². The third-order valence-electron chi connectivity index (χ3n) is 2.71. The lowest BCUT2D eigenvalue weighted by molar-refractivity contribution is 0.0533. The highest BCUT2D eigenvalue weighted by molar-refractivity contribution is 7.99. The zero-order chi connectivity index (χ0) is 14.4. The molecule has 1 aromatic rings. The molecule has 0 radical (unpaired) electrons. The van der Waals surface area contributed by atoms with E-state index in [1.54, 1.807) is 18.7 Å². The minimum atomic E-state index is -0.320. The Kier molecular flexibility index (Phi) is 6.51.